The van der Waals surface area contributed by atoms with Crippen LogP contribution in [0.2, 0.25) is 0 Å². The third-order valence-electron chi connectivity index (χ3n) is 5.12. The first-order valence-electron chi connectivity index (χ1n) is 9.44. The molecule has 1 heterocycles. The summed E-state index contributed by atoms with van der Waals surface area (Å²) in [5, 5.41) is 3.73. The van der Waals surface area contributed by atoms with Crippen LogP contribution in [-0.2, 0) is 6.42 Å². The third kappa shape index (κ3) is 3.87. The Morgan fingerprint density at radius 1 is 0.808 bits per heavy atom. The van der Waals surface area contributed by atoms with Gasteiger partial charge in [0.05, 0.1) is 0 Å². The van der Waals surface area contributed by atoms with Gasteiger partial charge in [0.15, 0.2) is 0 Å². The van der Waals surface area contributed by atoms with E-state index in [-0.39, 0.29) is 0 Å². The standard InChI is InChI=1S/C24H25NS/c1-18(17-19-9-3-2-4-10-19)25-16-15-20-21-11-5-7-13-23(21)26-24-14-8-6-12-22(20)24/h2-14,18,20,25H,15-17H2,1H3/t18-/m1/s1. The largest absolute Gasteiger partial charge is 0.314 e. The van der Waals surface area contributed by atoms with Crippen molar-refractivity contribution in [1.82, 2.24) is 5.32 Å². The van der Waals surface area contributed by atoms with Crippen molar-refractivity contribution in [1.29, 1.82) is 0 Å². The molecule has 3 aromatic carbocycles. The van der Waals surface area contributed by atoms with Gasteiger partial charge in [-0.3, -0.25) is 0 Å². The van der Waals surface area contributed by atoms with Crippen molar-refractivity contribution in [3.63, 3.8) is 0 Å². The molecule has 4 rings (SSSR count). The van der Waals surface area contributed by atoms with E-state index in [0.717, 1.165) is 19.4 Å². The Morgan fingerprint density at radius 2 is 1.38 bits per heavy atom. The minimum Gasteiger partial charge on any atom is -0.314 e. The lowest BCUT2D eigenvalue weighted by atomic mass is 9.88. The molecular formula is C24H25NS. The van der Waals surface area contributed by atoms with Crippen molar-refractivity contribution in [3.8, 4) is 0 Å². The van der Waals surface area contributed by atoms with Crippen LogP contribution in [0.1, 0.15) is 36.0 Å². The molecule has 2 heteroatoms. The fourth-order valence-electron chi connectivity index (χ4n) is 3.83. The molecule has 1 nitrogen and oxygen atoms in total. The molecular weight excluding hydrogens is 334 g/mol. The van der Waals surface area contributed by atoms with E-state index >= 15 is 0 Å². The second-order valence-corrected chi connectivity index (χ2v) is 8.15. The molecule has 0 aliphatic carbocycles. The topological polar surface area (TPSA) is 12.0 Å². The molecule has 0 aromatic heterocycles. The molecule has 1 atom stereocenters. The van der Waals surface area contributed by atoms with E-state index in [1.807, 2.05) is 11.8 Å². The lowest BCUT2D eigenvalue weighted by Crippen LogP contribution is -2.30. The highest BCUT2D eigenvalue weighted by Gasteiger charge is 2.25. The normalized spacial score (nSPS) is 14.5. The molecule has 0 radical (unpaired) electrons. The van der Waals surface area contributed by atoms with Gasteiger partial charge in [0.25, 0.3) is 0 Å². The number of rotatable bonds is 6. The summed E-state index contributed by atoms with van der Waals surface area (Å²) in [6.45, 7) is 3.32. The van der Waals surface area contributed by atoms with Gasteiger partial charge in [-0.25, -0.2) is 0 Å². The molecule has 0 fully saturated rings. The van der Waals surface area contributed by atoms with E-state index in [1.54, 1.807) is 0 Å². The number of nitrogens with one attached hydrogen (secondary N) is 1. The first kappa shape index (κ1) is 17.4. The van der Waals surface area contributed by atoms with E-state index in [9.17, 15) is 0 Å². The molecule has 132 valence electrons. The number of hydrogen-bond acceptors (Lipinski definition) is 2. The monoisotopic (exact) mass is 359 g/mol. The maximum Gasteiger partial charge on any atom is 0.0160 e. The van der Waals surface area contributed by atoms with Crippen molar-refractivity contribution in [2.24, 2.45) is 0 Å². The Kier molecular flexibility index (Phi) is 5.42. The fourth-order valence-corrected chi connectivity index (χ4v) is 5.02. The van der Waals surface area contributed by atoms with Crippen LogP contribution in [0.4, 0.5) is 0 Å². The van der Waals surface area contributed by atoms with Crippen LogP contribution >= 0.6 is 11.8 Å². The van der Waals surface area contributed by atoms with Gasteiger partial charge in [0.2, 0.25) is 0 Å². The van der Waals surface area contributed by atoms with Crippen LogP contribution in [0.3, 0.4) is 0 Å². The van der Waals surface area contributed by atoms with E-state index in [4.69, 9.17) is 0 Å². The molecule has 1 N–H and O–H groups in total. The second kappa shape index (κ2) is 8.11. The fraction of sp³-hybridized carbons (Fsp3) is 0.250. The van der Waals surface area contributed by atoms with Gasteiger partial charge in [-0.2, -0.15) is 0 Å². The zero-order chi connectivity index (χ0) is 17.8. The van der Waals surface area contributed by atoms with Crippen molar-refractivity contribution in [3.05, 3.63) is 95.6 Å². The predicted octanol–water partition coefficient (Wildman–Crippen LogP) is 5.89. The molecule has 1 aliphatic heterocycles. The highest BCUT2D eigenvalue weighted by atomic mass is 32.2. The summed E-state index contributed by atoms with van der Waals surface area (Å²) in [5.74, 6) is 0.486. The zero-order valence-corrected chi connectivity index (χ0v) is 16.0. The van der Waals surface area contributed by atoms with Gasteiger partial charge in [-0.1, -0.05) is 78.5 Å². The highest BCUT2D eigenvalue weighted by molar-refractivity contribution is 7.99. The summed E-state index contributed by atoms with van der Waals surface area (Å²) in [6, 6.07) is 29.0. The molecule has 3 aromatic rings. The molecule has 0 spiro atoms. The van der Waals surface area contributed by atoms with Gasteiger partial charge >= 0.3 is 0 Å². The van der Waals surface area contributed by atoms with Crippen LogP contribution in [-0.4, -0.2) is 12.6 Å². The molecule has 0 saturated carbocycles. The summed E-state index contributed by atoms with van der Waals surface area (Å²) in [6.07, 6.45) is 2.21. The smallest absolute Gasteiger partial charge is 0.0160 e. The van der Waals surface area contributed by atoms with Crippen molar-refractivity contribution < 1.29 is 0 Å². The third-order valence-corrected chi connectivity index (χ3v) is 6.30. The Bertz CT molecular complexity index is 813. The molecule has 0 saturated heterocycles. The molecule has 0 amide bonds. The Hall–Kier alpha value is -2.03. The van der Waals surface area contributed by atoms with Crippen LogP contribution in [0.25, 0.3) is 0 Å². The van der Waals surface area contributed by atoms with E-state index < -0.39 is 0 Å². The molecule has 26 heavy (non-hydrogen) atoms. The quantitative estimate of drug-likeness (QED) is 0.588. The maximum atomic E-state index is 3.73. The highest BCUT2D eigenvalue weighted by Crippen LogP contribution is 2.46. The molecule has 0 bridgehead atoms. The Morgan fingerprint density at radius 3 is 2.04 bits per heavy atom. The van der Waals surface area contributed by atoms with E-state index in [1.165, 1.54) is 26.5 Å². The number of hydrogen-bond donors (Lipinski definition) is 1. The van der Waals surface area contributed by atoms with E-state index in [0.29, 0.717) is 12.0 Å². The maximum absolute atomic E-state index is 3.73. The second-order valence-electron chi connectivity index (χ2n) is 7.06. The lowest BCUT2D eigenvalue weighted by Gasteiger charge is -2.28. The first-order valence-corrected chi connectivity index (χ1v) is 10.3. The lowest BCUT2D eigenvalue weighted by molar-refractivity contribution is 0.516. The Balaban J connectivity index is 1.43. The van der Waals surface area contributed by atoms with Crippen LogP contribution in [0, 0.1) is 0 Å². The van der Waals surface area contributed by atoms with Crippen molar-refractivity contribution in [2.45, 2.75) is 41.5 Å². The summed E-state index contributed by atoms with van der Waals surface area (Å²) >= 11 is 1.91. The SMILES string of the molecule is C[C@H](Cc1ccccc1)NCCC1c2ccccc2Sc2ccccc21. The average Bonchev–Trinajstić information content (AvgIpc) is 2.68. The molecule has 0 unspecified atom stereocenters. The summed E-state index contributed by atoms with van der Waals surface area (Å²) in [5.41, 5.74) is 4.36. The minimum absolute atomic E-state index is 0.486. The van der Waals surface area contributed by atoms with Gasteiger partial charge in [-0.05, 0) is 55.1 Å². The minimum atomic E-state index is 0.486. The predicted molar refractivity (Wildman–Crippen MR) is 111 cm³/mol. The number of benzene rings is 3. The average molecular weight is 360 g/mol. The van der Waals surface area contributed by atoms with Crippen molar-refractivity contribution >= 4 is 11.8 Å². The van der Waals surface area contributed by atoms with Crippen LogP contribution < -0.4 is 5.32 Å². The van der Waals surface area contributed by atoms with Gasteiger partial charge in [0, 0.05) is 21.8 Å². The summed E-state index contributed by atoms with van der Waals surface area (Å²) in [4.78, 5) is 2.82. The van der Waals surface area contributed by atoms with Gasteiger partial charge in [0.1, 0.15) is 0 Å². The van der Waals surface area contributed by atoms with Crippen LogP contribution in [0.15, 0.2) is 88.7 Å². The van der Waals surface area contributed by atoms with Crippen LogP contribution in [0.5, 0.6) is 0 Å². The molecule has 1 aliphatic rings. The summed E-state index contributed by atoms with van der Waals surface area (Å²) in [7, 11) is 0. The first-order chi connectivity index (χ1) is 12.8. The van der Waals surface area contributed by atoms with Crippen molar-refractivity contribution in [2.75, 3.05) is 6.54 Å². The van der Waals surface area contributed by atoms with E-state index in [2.05, 4.69) is 91.1 Å². The van der Waals surface area contributed by atoms with Gasteiger partial charge < -0.3 is 5.32 Å². The van der Waals surface area contributed by atoms with Gasteiger partial charge in [-0.15, -0.1) is 0 Å². The number of fused-ring (bicyclic) bond motifs is 2. The zero-order valence-electron chi connectivity index (χ0n) is 15.2. The summed E-state index contributed by atoms with van der Waals surface area (Å²) < 4.78 is 0. The Labute approximate surface area is 160 Å².